The van der Waals surface area contributed by atoms with Gasteiger partial charge < -0.3 is 9.67 Å². The fourth-order valence-corrected chi connectivity index (χ4v) is 9.62. The van der Waals surface area contributed by atoms with Crippen molar-refractivity contribution in [3.8, 4) is 73.2 Å². The van der Waals surface area contributed by atoms with E-state index in [0.29, 0.717) is 11.4 Å². The van der Waals surface area contributed by atoms with E-state index in [1.807, 2.05) is 24.4 Å². The zero-order valence-electron chi connectivity index (χ0n) is 38.8. The van der Waals surface area contributed by atoms with Gasteiger partial charge in [-0.15, -0.1) is 0 Å². The van der Waals surface area contributed by atoms with E-state index in [0.717, 1.165) is 88.9 Å². The number of fused-ring (bicyclic) bond motifs is 4. The Morgan fingerprint density at radius 2 is 1.07 bits per heavy atom. The van der Waals surface area contributed by atoms with E-state index < -0.39 is 0 Å². The predicted molar refractivity (Wildman–Crippen MR) is 279 cm³/mol. The number of benzene rings is 8. The van der Waals surface area contributed by atoms with Crippen molar-refractivity contribution in [3.05, 3.63) is 211 Å². The quantitative estimate of drug-likeness (QED) is 0.174. The SMILES string of the molecule is CC(C)(C)c1ccc(-c2ccnc(-c3cc(-c4cccc5c4nc(-c4cc6c7ccccc7n(-c7ccccc7)c6cc4O)n5-c4ccccc4-c4ccccc4)cc(C(C)(C)C)c3)c2)cc1. The van der Waals surface area contributed by atoms with Crippen LogP contribution in [-0.2, 0) is 10.8 Å². The van der Waals surface area contributed by atoms with Gasteiger partial charge in [-0.25, -0.2) is 4.98 Å². The molecule has 0 amide bonds. The zero-order valence-corrected chi connectivity index (χ0v) is 38.8. The van der Waals surface area contributed by atoms with Crippen molar-refractivity contribution in [1.82, 2.24) is 19.1 Å². The molecule has 3 heterocycles. The van der Waals surface area contributed by atoms with Crippen LogP contribution in [0, 0.1) is 0 Å². The minimum Gasteiger partial charge on any atom is -0.507 e. The predicted octanol–water partition coefficient (Wildman–Crippen LogP) is 16.2. The van der Waals surface area contributed by atoms with Crippen LogP contribution in [0.3, 0.4) is 0 Å². The molecule has 11 rings (SSSR count). The second-order valence-corrected chi connectivity index (χ2v) is 19.7. The van der Waals surface area contributed by atoms with Crippen molar-refractivity contribution in [2.24, 2.45) is 0 Å². The second kappa shape index (κ2) is 16.1. The molecule has 0 atom stereocenters. The van der Waals surface area contributed by atoms with Crippen LogP contribution in [0.25, 0.3) is 100 Å². The van der Waals surface area contributed by atoms with Crippen LogP contribution in [0.15, 0.2) is 200 Å². The van der Waals surface area contributed by atoms with E-state index in [1.54, 1.807) is 0 Å². The number of hydrogen-bond donors (Lipinski definition) is 1. The summed E-state index contributed by atoms with van der Waals surface area (Å²) in [5, 5.41) is 14.5. The molecular weight excluding hydrogens is 817 g/mol. The number of rotatable bonds is 7. The summed E-state index contributed by atoms with van der Waals surface area (Å²) < 4.78 is 4.47. The molecule has 0 aliphatic heterocycles. The minimum absolute atomic E-state index is 0.0781. The Labute approximate surface area is 392 Å². The third-order valence-electron chi connectivity index (χ3n) is 13.2. The molecule has 5 heteroatoms. The van der Waals surface area contributed by atoms with Gasteiger partial charge in [-0.2, -0.15) is 0 Å². The molecule has 0 spiro atoms. The minimum atomic E-state index is -0.154. The highest BCUT2D eigenvalue weighted by Crippen LogP contribution is 2.44. The molecule has 0 aliphatic rings. The first-order valence-electron chi connectivity index (χ1n) is 23.1. The molecule has 0 saturated heterocycles. The number of pyridine rings is 1. The molecule has 0 fully saturated rings. The normalized spacial score (nSPS) is 12.1. The summed E-state index contributed by atoms with van der Waals surface area (Å²) in [5.41, 5.74) is 17.3. The average Bonchev–Trinajstić information content (AvgIpc) is 3.89. The Bertz CT molecular complexity index is 3640. The lowest BCUT2D eigenvalue weighted by molar-refractivity contribution is 0.477. The third-order valence-corrected chi connectivity index (χ3v) is 13.2. The fraction of sp³-hybridized carbons (Fsp3) is 0.129. The number of para-hydroxylation sites is 4. The number of phenols is 1. The van der Waals surface area contributed by atoms with E-state index in [1.165, 1.54) is 11.1 Å². The van der Waals surface area contributed by atoms with Crippen LogP contribution in [0.5, 0.6) is 5.75 Å². The van der Waals surface area contributed by atoms with Gasteiger partial charge in [0.25, 0.3) is 0 Å². The van der Waals surface area contributed by atoms with Gasteiger partial charge in [-0.1, -0.05) is 169 Å². The summed E-state index contributed by atoms with van der Waals surface area (Å²) >= 11 is 0. The Morgan fingerprint density at radius 1 is 0.418 bits per heavy atom. The van der Waals surface area contributed by atoms with Crippen molar-refractivity contribution in [1.29, 1.82) is 0 Å². The molecule has 0 saturated carbocycles. The summed E-state index contributed by atoms with van der Waals surface area (Å²) in [7, 11) is 0. The van der Waals surface area contributed by atoms with Gasteiger partial charge in [0.05, 0.1) is 39.0 Å². The van der Waals surface area contributed by atoms with Crippen LogP contribution >= 0.6 is 0 Å². The van der Waals surface area contributed by atoms with Gasteiger partial charge in [0.15, 0.2) is 0 Å². The molecular formula is C62H52N4O. The first-order chi connectivity index (χ1) is 32.4. The van der Waals surface area contributed by atoms with Gasteiger partial charge >= 0.3 is 0 Å². The first-order valence-corrected chi connectivity index (χ1v) is 23.1. The number of phenolic OH excluding ortho intramolecular Hbond substituents is 1. The van der Waals surface area contributed by atoms with Crippen molar-refractivity contribution >= 4 is 32.8 Å². The summed E-state index contributed by atoms with van der Waals surface area (Å²) in [6.45, 7) is 13.5. The standard InChI is InChI=1S/C62H52N4O/c1-61(2,3)45-30-28-40(29-31-45)42-32-33-63-53(37-42)44-34-43(35-46(36-44)62(4,5)6)49-24-17-27-56-59(49)64-60(66(56)54-25-15-13-22-48(54)41-18-9-7-10-19-41)52-38-51-50-23-14-16-26-55(50)65(57(51)39-58(52)67)47-20-11-8-12-21-47/h7-39,67H,1-6H3. The first kappa shape index (κ1) is 41.7. The van der Waals surface area contributed by atoms with Crippen LogP contribution < -0.4 is 0 Å². The Kier molecular flexibility index (Phi) is 10.0. The molecule has 326 valence electrons. The maximum Gasteiger partial charge on any atom is 0.149 e. The largest absolute Gasteiger partial charge is 0.507 e. The smallest absolute Gasteiger partial charge is 0.149 e. The van der Waals surface area contributed by atoms with Crippen molar-refractivity contribution in [2.45, 2.75) is 52.4 Å². The highest BCUT2D eigenvalue weighted by molar-refractivity contribution is 6.11. The Balaban J connectivity index is 1.15. The van der Waals surface area contributed by atoms with Crippen LogP contribution in [0.4, 0.5) is 0 Å². The monoisotopic (exact) mass is 868 g/mol. The molecule has 0 bridgehead atoms. The van der Waals surface area contributed by atoms with E-state index in [-0.39, 0.29) is 16.6 Å². The van der Waals surface area contributed by atoms with E-state index >= 15 is 0 Å². The molecule has 0 aliphatic carbocycles. The molecule has 5 nitrogen and oxygen atoms in total. The summed E-state index contributed by atoms with van der Waals surface area (Å²) in [5.74, 6) is 0.805. The van der Waals surface area contributed by atoms with E-state index in [4.69, 9.17) is 9.97 Å². The topological polar surface area (TPSA) is 55.9 Å². The molecule has 3 aromatic heterocycles. The molecule has 0 unspecified atom stereocenters. The zero-order chi connectivity index (χ0) is 46.0. The van der Waals surface area contributed by atoms with Gasteiger partial charge in [0, 0.05) is 45.4 Å². The maximum absolute atomic E-state index is 12.4. The fourth-order valence-electron chi connectivity index (χ4n) is 9.62. The lowest BCUT2D eigenvalue weighted by Crippen LogP contribution is -2.11. The maximum atomic E-state index is 12.4. The molecule has 11 aromatic rings. The van der Waals surface area contributed by atoms with Crippen LogP contribution in [-0.4, -0.2) is 24.2 Å². The summed E-state index contributed by atoms with van der Waals surface area (Å²) in [6.07, 6.45) is 1.92. The van der Waals surface area contributed by atoms with Gasteiger partial charge in [0.2, 0.25) is 0 Å². The number of nitrogens with zero attached hydrogens (tertiary/aromatic N) is 4. The van der Waals surface area contributed by atoms with Gasteiger partial charge in [-0.3, -0.25) is 9.55 Å². The van der Waals surface area contributed by atoms with Crippen molar-refractivity contribution in [2.75, 3.05) is 0 Å². The van der Waals surface area contributed by atoms with E-state index in [9.17, 15) is 5.11 Å². The number of aromatic nitrogens is 4. The van der Waals surface area contributed by atoms with Crippen molar-refractivity contribution < 1.29 is 5.11 Å². The van der Waals surface area contributed by atoms with Gasteiger partial charge in [-0.05, 0) is 105 Å². The average molecular weight is 869 g/mol. The molecule has 67 heavy (non-hydrogen) atoms. The molecule has 1 N–H and O–H groups in total. The summed E-state index contributed by atoms with van der Waals surface area (Å²) in [4.78, 5) is 10.6. The highest BCUT2D eigenvalue weighted by atomic mass is 16.3. The molecule has 8 aromatic carbocycles. The lowest BCUT2D eigenvalue weighted by atomic mass is 9.83. The van der Waals surface area contributed by atoms with Gasteiger partial charge in [0.1, 0.15) is 11.6 Å². The number of hydrogen-bond acceptors (Lipinski definition) is 3. The van der Waals surface area contributed by atoms with Crippen LogP contribution in [0.1, 0.15) is 52.7 Å². The number of imidazole rings is 1. The summed E-state index contributed by atoms with van der Waals surface area (Å²) in [6, 6.07) is 68.4. The Hall–Kier alpha value is -8.02. The molecule has 0 radical (unpaired) electrons. The highest BCUT2D eigenvalue weighted by Gasteiger charge is 2.25. The Morgan fingerprint density at radius 3 is 1.84 bits per heavy atom. The lowest BCUT2D eigenvalue weighted by Gasteiger charge is -2.22. The van der Waals surface area contributed by atoms with Crippen molar-refractivity contribution in [3.63, 3.8) is 0 Å². The third kappa shape index (κ3) is 7.47. The second-order valence-electron chi connectivity index (χ2n) is 19.7. The van der Waals surface area contributed by atoms with Crippen LogP contribution in [0.2, 0.25) is 0 Å². The number of aromatic hydroxyl groups is 1. The van der Waals surface area contributed by atoms with E-state index in [2.05, 4.69) is 227 Å².